The van der Waals surface area contributed by atoms with Gasteiger partial charge in [-0.25, -0.2) is 4.98 Å². The number of hydrogen-bond acceptors (Lipinski definition) is 6. The molecule has 2 aromatic rings. The van der Waals surface area contributed by atoms with E-state index in [4.69, 9.17) is 10.3 Å². The molecule has 2 rings (SSSR count). The highest BCUT2D eigenvalue weighted by Crippen LogP contribution is 2.18. The van der Waals surface area contributed by atoms with Gasteiger partial charge in [-0.3, -0.25) is 0 Å². The molecular weight excluding hydrogens is 236 g/mol. The van der Waals surface area contributed by atoms with Crippen LogP contribution in [0.5, 0.6) is 0 Å². The van der Waals surface area contributed by atoms with E-state index in [1.54, 1.807) is 11.3 Å². The molecule has 0 radical (unpaired) electrons. The van der Waals surface area contributed by atoms with E-state index in [0.717, 1.165) is 10.7 Å². The molecule has 0 bridgehead atoms. The van der Waals surface area contributed by atoms with Crippen LogP contribution in [0.25, 0.3) is 0 Å². The summed E-state index contributed by atoms with van der Waals surface area (Å²) in [5, 5.41) is 6.97. The molecule has 0 saturated heterocycles. The van der Waals surface area contributed by atoms with Gasteiger partial charge in [0.1, 0.15) is 0 Å². The number of nitrogens with zero attached hydrogens (tertiary/aromatic N) is 3. The normalized spacial score (nSPS) is 13.2. The van der Waals surface area contributed by atoms with Crippen molar-refractivity contribution < 1.29 is 4.52 Å². The number of nitrogens with two attached hydrogens (primary N) is 1. The van der Waals surface area contributed by atoms with E-state index in [1.165, 1.54) is 0 Å². The predicted octanol–water partition coefficient (Wildman–Crippen LogP) is 2.08. The molecule has 0 amide bonds. The highest BCUT2D eigenvalue weighted by Gasteiger charge is 2.18. The summed E-state index contributed by atoms with van der Waals surface area (Å²) in [5.74, 6) is 1.42. The van der Waals surface area contributed by atoms with Crippen molar-refractivity contribution in [1.82, 2.24) is 15.1 Å². The third-order valence-electron chi connectivity index (χ3n) is 2.49. The minimum Gasteiger partial charge on any atom is -0.338 e. The monoisotopic (exact) mass is 252 g/mol. The second-order valence-electron chi connectivity index (χ2n) is 4.35. The molecule has 2 aromatic heterocycles. The van der Waals surface area contributed by atoms with Crippen LogP contribution < -0.4 is 5.73 Å². The van der Waals surface area contributed by atoms with Gasteiger partial charge in [-0.2, -0.15) is 4.98 Å². The molecule has 0 aliphatic rings. The molecule has 2 heterocycles. The molecule has 0 aliphatic carbocycles. The van der Waals surface area contributed by atoms with Crippen molar-refractivity contribution in [3.05, 3.63) is 27.8 Å². The molecule has 6 heteroatoms. The summed E-state index contributed by atoms with van der Waals surface area (Å²) in [5.41, 5.74) is 6.91. The Hall–Kier alpha value is -1.27. The third-order valence-corrected chi connectivity index (χ3v) is 3.32. The highest BCUT2D eigenvalue weighted by molar-refractivity contribution is 7.09. The van der Waals surface area contributed by atoms with E-state index in [2.05, 4.69) is 15.1 Å². The van der Waals surface area contributed by atoms with Crippen LogP contribution >= 0.6 is 11.3 Å². The lowest BCUT2D eigenvalue weighted by Crippen LogP contribution is -2.17. The minimum absolute atomic E-state index is 0.201. The maximum Gasteiger partial charge on any atom is 0.243 e. The van der Waals surface area contributed by atoms with Crippen molar-refractivity contribution in [2.75, 3.05) is 0 Å². The number of hydrogen-bond donors (Lipinski definition) is 1. The number of rotatable bonds is 4. The first-order valence-electron chi connectivity index (χ1n) is 5.55. The van der Waals surface area contributed by atoms with Crippen LogP contribution in [0.2, 0.25) is 0 Å². The van der Waals surface area contributed by atoms with Gasteiger partial charge in [0.05, 0.1) is 23.2 Å². The Morgan fingerprint density at radius 3 is 2.76 bits per heavy atom. The molecule has 92 valence electrons. The van der Waals surface area contributed by atoms with Gasteiger partial charge in [-0.05, 0) is 12.8 Å². The lowest BCUT2D eigenvalue weighted by molar-refractivity contribution is 0.322. The maximum absolute atomic E-state index is 5.94. The first kappa shape index (κ1) is 12.2. The van der Waals surface area contributed by atoms with E-state index in [0.29, 0.717) is 18.1 Å². The Balaban J connectivity index is 2.08. The number of aryl methyl sites for hydroxylation is 1. The summed E-state index contributed by atoms with van der Waals surface area (Å²) in [6, 6.07) is -0.201. The van der Waals surface area contributed by atoms with Gasteiger partial charge in [-0.1, -0.05) is 19.0 Å². The third kappa shape index (κ3) is 2.89. The lowest BCUT2D eigenvalue weighted by atomic mass is 10.1. The van der Waals surface area contributed by atoms with E-state index in [-0.39, 0.29) is 12.0 Å². The fraction of sp³-hybridized carbons (Fsp3) is 0.545. The summed E-state index contributed by atoms with van der Waals surface area (Å²) in [7, 11) is 0. The maximum atomic E-state index is 5.94. The lowest BCUT2D eigenvalue weighted by Gasteiger charge is -2.09. The zero-order valence-electron chi connectivity index (χ0n) is 10.2. The number of thiazole rings is 1. The average molecular weight is 252 g/mol. The fourth-order valence-electron chi connectivity index (χ4n) is 1.41. The second-order valence-corrected chi connectivity index (χ2v) is 5.42. The Bertz CT molecular complexity index is 491. The molecular formula is C11H16N4OS. The zero-order chi connectivity index (χ0) is 12.4. The average Bonchev–Trinajstić information content (AvgIpc) is 2.87. The molecule has 2 N–H and O–H groups in total. The van der Waals surface area contributed by atoms with Crippen LogP contribution in [0.3, 0.4) is 0 Å². The van der Waals surface area contributed by atoms with Crippen molar-refractivity contribution in [3.8, 4) is 0 Å². The van der Waals surface area contributed by atoms with E-state index < -0.39 is 0 Å². The van der Waals surface area contributed by atoms with Crippen LogP contribution in [0.15, 0.2) is 9.90 Å². The Kier molecular flexibility index (Phi) is 3.54. The second kappa shape index (κ2) is 4.93. The van der Waals surface area contributed by atoms with Gasteiger partial charge in [0.2, 0.25) is 5.89 Å². The first-order valence-corrected chi connectivity index (χ1v) is 6.43. The molecule has 5 nitrogen and oxygen atoms in total. The summed E-state index contributed by atoms with van der Waals surface area (Å²) in [4.78, 5) is 8.66. The molecule has 0 aromatic carbocycles. The van der Waals surface area contributed by atoms with Gasteiger partial charge in [0.25, 0.3) is 0 Å². The van der Waals surface area contributed by atoms with Crippen molar-refractivity contribution in [1.29, 1.82) is 0 Å². The quantitative estimate of drug-likeness (QED) is 0.901. The molecule has 1 atom stereocenters. The summed E-state index contributed by atoms with van der Waals surface area (Å²) in [6.07, 6.45) is 0.596. The first-order chi connectivity index (χ1) is 8.06. The fourth-order valence-corrected chi connectivity index (χ4v) is 2.02. The standard InChI is InChI=1S/C11H16N4OS/c1-6(2)10(12)11-14-9(15-16-11)4-8-5-17-7(3)13-8/h5-6,10H,4,12H2,1-3H3/t10-/m0/s1. The van der Waals surface area contributed by atoms with Crippen molar-refractivity contribution in [2.24, 2.45) is 11.7 Å². The Morgan fingerprint density at radius 1 is 1.41 bits per heavy atom. The Morgan fingerprint density at radius 2 is 2.18 bits per heavy atom. The van der Waals surface area contributed by atoms with Crippen molar-refractivity contribution in [3.63, 3.8) is 0 Å². The van der Waals surface area contributed by atoms with Crippen LogP contribution in [0.4, 0.5) is 0 Å². The highest BCUT2D eigenvalue weighted by atomic mass is 32.1. The summed E-state index contributed by atoms with van der Waals surface area (Å²) >= 11 is 1.62. The summed E-state index contributed by atoms with van der Waals surface area (Å²) < 4.78 is 5.16. The largest absolute Gasteiger partial charge is 0.338 e. The van der Waals surface area contributed by atoms with Crippen LogP contribution in [-0.4, -0.2) is 15.1 Å². The van der Waals surface area contributed by atoms with E-state index in [9.17, 15) is 0 Å². The van der Waals surface area contributed by atoms with Gasteiger partial charge < -0.3 is 10.3 Å². The molecule has 0 spiro atoms. The topological polar surface area (TPSA) is 77.8 Å². The van der Waals surface area contributed by atoms with Gasteiger partial charge in [0, 0.05) is 5.38 Å². The molecule has 0 aliphatic heterocycles. The molecule has 0 unspecified atom stereocenters. The molecule has 0 saturated carbocycles. The van der Waals surface area contributed by atoms with Gasteiger partial charge >= 0.3 is 0 Å². The SMILES string of the molecule is Cc1nc(Cc2noc([C@@H](N)C(C)C)n2)cs1. The van der Waals surface area contributed by atoms with Crippen LogP contribution in [0.1, 0.15) is 42.3 Å². The zero-order valence-corrected chi connectivity index (χ0v) is 11.0. The minimum atomic E-state index is -0.201. The van der Waals surface area contributed by atoms with E-state index in [1.807, 2.05) is 26.2 Å². The molecule has 0 fully saturated rings. The van der Waals surface area contributed by atoms with Gasteiger partial charge in [-0.15, -0.1) is 11.3 Å². The smallest absolute Gasteiger partial charge is 0.243 e. The van der Waals surface area contributed by atoms with Gasteiger partial charge in [0.15, 0.2) is 5.82 Å². The number of aromatic nitrogens is 3. The van der Waals surface area contributed by atoms with Crippen molar-refractivity contribution in [2.45, 2.75) is 33.2 Å². The summed E-state index contributed by atoms with van der Waals surface area (Å²) in [6.45, 7) is 6.03. The van der Waals surface area contributed by atoms with E-state index >= 15 is 0 Å². The predicted molar refractivity (Wildman–Crippen MR) is 65.7 cm³/mol. The van der Waals surface area contributed by atoms with Crippen molar-refractivity contribution >= 4 is 11.3 Å². The van der Waals surface area contributed by atoms with Crippen LogP contribution in [0, 0.1) is 12.8 Å². The Labute approximate surface area is 104 Å². The van der Waals surface area contributed by atoms with Crippen LogP contribution in [-0.2, 0) is 6.42 Å². The molecule has 17 heavy (non-hydrogen) atoms.